The van der Waals surface area contributed by atoms with Crippen LogP contribution in [0.25, 0.3) is 0 Å². The number of hydrogen-bond donors (Lipinski definition) is 0. The van der Waals surface area contributed by atoms with Gasteiger partial charge in [0.2, 0.25) is 5.91 Å². The van der Waals surface area contributed by atoms with Crippen LogP contribution in [0.2, 0.25) is 0 Å². The molecule has 1 aliphatic heterocycles. The molecule has 1 aliphatic rings. The van der Waals surface area contributed by atoms with Crippen molar-refractivity contribution >= 4 is 28.5 Å². The number of halogens is 1. The average Bonchev–Trinajstić information content (AvgIpc) is 2.43. The molecule has 0 saturated carbocycles. The van der Waals surface area contributed by atoms with Gasteiger partial charge in [-0.3, -0.25) is 19.6 Å². The van der Waals surface area contributed by atoms with E-state index in [1.54, 1.807) is 4.90 Å². The molecule has 110 valence electrons. The van der Waals surface area contributed by atoms with Crippen LogP contribution in [-0.2, 0) is 11.3 Å². The first-order valence-electron chi connectivity index (χ1n) is 6.80. The molecule has 1 fully saturated rings. The van der Waals surface area contributed by atoms with E-state index in [-0.39, 0.29) is 5.91 Å². The fourth-order valence-corrected chi connectivity index (χ4v) is 2.52. The van der Waals surface area contributed by atoms with E-state index >= 15 is 0 Å². The van der Waals surface area contributed by atoms with Gasteiger partial charge in [-0.05, 0) is 34.2 Å². The molecule has 5 nitrogen and oxygen atoms in total. The standard InChI is InChI=1S/C14H21IN4O/c1-17(2)14(20)11-19-7-5-18(6-8-19)10-12-3-4-13(15)16-9-12/h3-4,9H,5-8,10-11H2,1-2H3. The van der Waals surface area contributed by atoms with E-state index in [9.17, 15) is 4.79 Å². The van der Waals surface area contributed by atoms with Gasteiger partial charge in [0, 0.05) is 53.0 Å². The number of amides is 1. The smallest absolute Gasteiger partial charge is 0.236 e. The number of carbonyl (C=O) groups excluding carboxylic acids is 1. The summed E-state index contributed by atoms with van der Waals surface area (Å²) in [6.07, 6.45) is 1.95. The topological polar surface area (TPSA) is 39.7 Å². The lowest BCUT2D eigenvalue weighted by Crippen LogP contribution is -2.48. The Hall–Kier alpha value is -0.730. The third-order valence-electron chi connectivity index (χ3n) is 3.52. The Balaban J connectivity index is 1.77. The van der Waals surface area contributed by atoms with Crippen LogP contribution in [0.5, 0.6) is 0 Å². The van der Waals surface area contributed by atoms with Crippen LogP contribution >= 0.6 is 22.6 Å². The minimum atomic E-state index is 0.181. The molecule has 1 aromatic rings. The molecular weight excluding hydrogens is 367 g/mol. The highest BCUT2D eigenvalue weighted by Crippen LogP contribution is 2.09. The average molecular weight is 388 g/mol. The van der Waals surface area contributed by atoms with Gasteiger partial charge in [-0.1, -0.05) is 6.07 Å². The van der Waals surface area contributed by atoms with E-state index in [4.69, 9.17) is 0 Å². The molecule has 0 aromatic carbocycles. The van der Waals surface area contributed by atoms with Crippen LogP contribution < -0.4 is 0 Å². The van der Waals surface area contributed by atoms with Gasteiger partial charge in [0.15, 0.2) is 0 Å². The maximum atomic E-state index is 11.7. The molecule has 1 saturated heterocycles. The van der Waals surface area contributed by atoms with Crippen LogP contribution in [0.15, 0.2) is 18.3 Å². The number of pyridine rings is 1. The highest BCUT2D eigenvalue weighted by molar-refractivity contribution is 14.1. The summed E-state index contributed by atoms with van der Waals surface area (Å²) < 4.78 is 1.03. The lowest BCUT2D eigenvalue weighted by molar-refractivity contribution is -0.130. The Morgan fingerprint density at radius 1 is 1.25 bits per heavy atom. The fourth-order valence-electron chi connectivity index (χ4n) is 2.20. The van der Waals surface area contributed by atoms with Crippen molar-refractivity contribution < 1.29 is 4.79 Å². The monoisotopic (exact) mass is 388 g/mol. The summed E-state index contributed by atoms with van der Waals surface area (Å²) in [6, 6.07) is 4.18. The Kier molecular flexibility index (Phi) is 5.74. The van der Waals surface area contributed by atoms with Crippen molar-refractivity contribution in [2.45, 2.75) is 6.54 Å². The Morgan fingerprint density at radius 3 is 2.45 bits per heavy atom. The van der Waals surface area contributed by atoms with E-state index in [1.165, 1.54) is 5.56 Å². The Bertz CT molecular complexity index is 441. The summed E-state index contributed by atoms with van der Waals surface area (Å²) in [6.45, 7) is 5.40. The Morgan fingerprint density at radius 2 is 1.90 bits per heavy atom. The Labute approximate surface area is 134 Å². The van der Waals surface area contributed by atoms with Gasteiger partial charge in [0.1, 0.15) is 3.70 Å². The normalized spacial score (nSPS) is 17.1. The molecule has 0 atom stereocenters. The van der Waals surface area contributed by atoms with Crippen molar-refractivity contribution in [1.82, 2.24) is 19.7 Å². The van der Waals surface area contributed by atoms with Crippen LogP contribution in [0.1, 0.15) is 5.56 Å². The molecule has 0 unspecified atom stereocenters. The molecule has 0 radical (unpaired) electrons. The van der Waals surface area contributed by atoms with Gasteiger partial charge in [-0.15, -0.1) is 0 Å². The molecule has 6 heteroatoms. The SMILES string of the molecule is CN(C)C(=O)CN1CCN(Cc2ccc(I)nc2)CC1. The lowest BCUT2D eigenvalue weighted by atomic mass is 10.2. The van der Waals surface area contributed by atoms with Gasteiger partial charge in [0.05, 0.1) is 6.54 Å². The van der Waals surface area contributed by atoms with Crippen molar-refractivity contribution in [2.24, 2.45) is 0 Å². The molecule has 20 heavy (non-hydrogen) atoms. The quantitative estimate of drug-likeness (QED) is 0.568. The molecular formula is C14H21IN4O. The van der Waals surface area contributed by atoms with Crippen molar-refractivity contribution in [3.63, 3.8) is 0 Å². The molecule has 0 N–H and O–H groups in total. The van der Waals surface area contributed by atoms with Crippen LogP contribution in [0.4, 0.5) is 0 Å². The van der Waals surface area contributed by atoms with Crippen molar-refractivity contribution in [3.05, 3.63) is 27.6 Å². The van der Waals surface area contributed by atoms with Crippen LogP contribution in [-0.4, -0.2) is 72.4 Å². The number of hydrogen-bond acceptors (Lipinski definition) is 4. The van der Waals surface area contributed by atoms with E-state index < -0.39 is 0 Å². The number of piperazine rings is 1. The lowest BCUT2D eigenvalue weighted by Gasteiger charge is -2.34. The van der Waals surface area contributed by atoms with Crippen LogP contribution in [0, 0.1) is 3.70 Å². The van der Waals surface area contributed by atoms with E-state index in [1.807, 2.05) is 26.4 Å². The van der Waals surface area contributed by atoms with Gasteiger partial charge in [-0.25, -0.2) is 0 Å². The van der Waals surface area contributed by atoms with Crippen molar-refractivity contribution in [3.8, 4) is 0 Å². The van der Waals surface area contributed by atoms with E-state index in [2.05, 4.69) is 43.4 Å². The number of rotatable bonds is 4. The van der Waals surface area contributed by atoms with Crippen LogP contribution in [0.3, 0.4) is 0 Å². The predicted molar refractivity (Wildman–Crippen MR) is 87.4 cm³/mol. The van der Waals surface area contributed by atoms with Gasteiger partial charge in [0.25, 0.3) is 0 Å². The van der Waals surface area contributed by atoms with Gasteiger partial charge in [-0.2, -0.15) is 0 Å². The second-order valence-electron chi connectivity index (χ2n) is 5.33. The van der Waals surface area contributed by atoms with Crippen molar-refractivity contribution in [1.29, 1.82) is 0 Å². The largest absolute Gasteiger partial charge is 0.348 e. The number of likely N-dealkylation sites (N-methyl/N-ethyl adjacent to an activating group) is 1. The zero-order chi connectivity index (χ0) is 14.5. The van der Waals surface area contributed by atoms with Crippen molar-refractivity contribution in [2.75, 3.05) is 46.8 Å². The molecule has 1 amide bonds. The predicted octanol–water partition coefficient (Wildman–Crippen LogP) is 0.892. The maximum Gasteiger partial charge on any atom is 0.236 e. The fraction of sp³-hybridized carbons (Fsp3) is 0.571. The first-order valence-corrected chi connectivity index (χ1v) is 7.88. The molecule has 0 spiro atoms. The minimum Gasteiger partial charge on any atom is -0.348 e. The first-order chi connectivity index (χ1) is 9.54. The molecule has 2 rings (SSSR count). The summed E-state index contributed by atoms with van der Waals surface area (Å²) in [4.78, 5) is 22.3. The highest BCUT2D eigenvalue weighted by atomic mass is 127. The summed E-state index contributed by atoms with van der Waals surface area (Å²) in [5.74, 6) is 0.181. The van der Waals surface area contributed by atoms with Gasteiger partial charge < -0.3 is 4.90 Å². The zero-order valence-electron chi connectivity index (χ0n) is 12.0. The molecule has 2 heterocycles. The second-order valence-corrected chi connectivity index (χ2v) is 6.43. The first kappa shape index (κ1) is 15.7. The third kappa shape index (κ3) is 4.68. The number of carbonyl (C=O) groups is 1. The van der Waals surface area contributed by atoms with E-state index in [0.717, 1.165) is 36.4 Å². The summed E-state index contributed by atoms with van der Waals surface area (Å²) in [5, 5.41) is 0. The highest BCUT2D eigenvalue weighted by Gasteiger charge is 2.19. The summed E-state index contributed by atoms with van der Waals surface area (Å²) >= 11 is 2.22. The summed E-state index contributed by atoms with van der Waals surface area (Å²) in [7, 11) is 3.62. The number of aromatic nitrogens is 1. The molecule has 1 aromatic heterocycles. The second kappa shape index (κ2) is 7.33. The maximum absolute atomic E-state index is 11.7. The molecule has 0 aliphatic carbocycles. The number of nitrogens with zero attached hydrogens (tertiary/aromatic N) is 4. The van der Waals surface area contributed by atoms with Gasteiger partial charge >= 0.3 is 0 Å². The minimum absolute atomic E-state index is 0.181. The van der Waals surface area contributed by atoms with E-state index in [0.29, 0.717) is 6.54 Å². The third-order valence-corrected chi connectivity index (χ3v) is 4.16. The zero-order valence-corrected chi connectivity index (χ0v) is 14.2. The molecule has 0 bridgehead atoms. The summed E-state index contributed by atoms with van der Waals surface area (Å²) in [5.41, 5.74) is 1.25.